The van der Waals surface area contributed by atoms with Crippen LogP contribution in [0.25, 0.3) is 0 Å². The molecule has 25 heavy (non-hydrogen) atoms. The van der Waals surface area contributed by atoms with Gasteiger partial charge in [-0.3, -0.25) is 0 Å². The van der Waals surface area contributed by atoms with E-state index in [0.29, 0.717) is 19.0 Å². The zero-order valence-electron chi connectivity index (χ0n) is 14.7. The molecule has 1 fully saturated rings. The van der Waals surface area contributed by atoms with Gasteiger partial charge in [-0.1, -0.05) is 47.5 Å². The molecule has 2 aromatic carbocycles. The smallest absolute Gasteiger partial charge is 0.165 e. The summed E-state index contributed by atoms with van der Waals surface area (Å²) in [5.74, 6) is 0.706. The topological polar surface area (TPSA) is 49.0 Å². The van der Waals surface area contributed by atoms with Gasteiger partial charge in [0.05, 0.1) is 0 Å². The van der Waals surface area contributed by atoms with Gasteiger partial charge in [0.2, 0.25) is 0 Å². The molecule has 2 aromatic rings. The van der Waals surface area contributed by atoms with Crippen LogP contribution < -0.4 is 10.2 Å². The molecular weight excluding hydrogens is 318 g/mol. The summed E-state index contributed by atoms with van der Waals surface area (Å²) in [4.78, 5) is 21.5. The highest BCUT2D eigenvalue weighted by Gasteiger charge is 2.26. The molecule has 0 spiro atoms. The van der Waals surface area contributed by atoms with Gasteiger partial charge in [-0.15, -0.1) is 0 Å². The van der Waals surface area contributed by atoms with Crippen LogP contribution in [-0.2, 0) is 21.3 Å². The quantitative estimate of drug-likeness (QED) is 0.587. The Morgan fingerprint density at radius 2 is 1.60 bits per heavy atom. The Morgan fingerprint density at radius 1 is 0.920 bits per heavy atom. The normalized spacial score (nSPS) is 19.9. The first-order valence-corrected chi connectivity index (χ1v) is 8.62. The zero-order valence-corrected chi connectivity index (χ0v) is 14.7. The number of benzene rings is 2. The Bertz CT molecular complexity index is 584. The number of hydrogen-bond donors (Lipinski definition) is 1. The number of rotatable bonds is 8. The molecule has 1 aliphatic rings. The van der Waals surface area contributed by atoms with E-state index in [2.05, 4.69) is 24.4 Å². The van der Waals surface area contributed by atoms with Crippen molar-refractivity contribution in [3.05, 3.63) is 65.2 Å². The van der Waals surface area contributed by atoms with Crippen molar-refractivity contribution in [1.29, 1.82) is 0 Å². The summed E-state index contributed by atoms with van der Waals surface area (Å²) in [6.07, 6.45) is 0.851. The highest BCUT2D eigenvalue weighted by Crippen LogP contribution is 2.15. The van der Waals surface area contributed by atoms with Crippen molar-refractivity contribution >= 4 is 0 Å². The summed E-state index contributed by atoms with van der Waals surface area (Å²) in [5.41, 5.74) is 3.53. The predicted molar refractivity (Wildman–Crippen MR) is 95.0 cm³/mol. The van der Waals surface area contributed by atoms with Gasteiger partial charge in [0, 0.05) is 12.6 Å². The molecule has 5 nitrogen and oxygen atoms in total. The second-order valence-electron chi connectivity index (χ2n) is 6.49. The van der Waals surface area contributed by atoms with Crippen molar-refractivity contribution in [3.63, 3.8) is 0 Å². The van der Waals surface area contributed by atoms with E-state index in [1.165, 1.54) is 11.1 Å². The summed E-state index contributed by atoms with van der Waals surface area (Å²) >= 11 is 0. The first kappa shape index (κ1) is 17.9. The molecule has 2 unspecified atom stereocenters. The lowest BCUT2D eigenvalue weighted by Crippen LogP contribution is -2.27. The lowest BCUT2D eigenvalue weighted by molar-refractivity contribution is -0.329. The van der Waals surface area contributed by atoms with Crippen LogP contribution in [0.15, 0.2) is 48.5 Å². The molecule has 1 saturated heterocycles. The molecule has 0 radical (unpaired) electrons. The van der Waals surface area contributed by atoms with E-state index in [0.717, 1.165) is 18.5 Å². The van der Waals surface area contributed by atoms with Crippen molar-refractivity contribution in [3.8, 4) is 5.75 Å². The second-order valence-corrected chi connectivity index (χ2v) is 6.49. The molecule has 1 N–H and O–H groups in total. The molecular formula is C20H25NO4. The Morgan fingerprint density at radius 3 is 2.32 bits per heavy atom. The summed E-state index contributed by atoms with van der Waals surface area (Å²) < 4.78 is 0. The van der Waals surface area contributed by atoms with Gasteiger partial charge in [-0.2, -0.15) is 4.89 Å². The van der Waals surface area contributed by atoms with Crippen molar-refractivity contribution in [1.82, 2.24) is 5.32 Å². The predicted octanol–water partition coefficient (Wildman–Crippen LogP) is 3.49. The van der Waals surface area contributed by atoms with Gasteiger partial charge in [0.25, 0.3) is 0 Å². The maximum Gasteiger partial charge on any atom is 0.165 e. The van der Waals surface area contributed by atoms with Crippen molar-refractivity contribution in [2.45, 2.75) is 39.0 Å². The van der Waals surface area contributed by atoms with Gasteiger partial charge in [-0.25, -0.2) is 9.78 Å². The fourth-order valence-electron chi connectivity index (χ4n) is 2.64. The SMILES string of the molecule is Cc1ccc(COOC2CNC(COOc3ccc(C)cc3)C2)cc1. The van der Waals surface area contributed by atoms with E-state index < -0.39 is 0 Å². The first-order valence-electron chi connectivity index (χ1n) is 8.62. The summed E-state index contributed by atoms with van der Waals surface area (Å²) in [6, 6.07) is 16.2. The molecule has 2 atom stereocenters. The van der Waals surface area contributed by atoms with E-state index >= 15 is 0 Å². The summed E-state index contributed by atoms with van der Waals surface area (Å²) in [6.45, 7) is 5.76. The second kappa shape index (κ2) is 8.97. The Balaban J connectivity index is 1.30. The van der Waals surface area contributed by atoms with Crippen LogP contribution in [0, 0.1) is 13.8 Å². The van der Waals surface area contributed by atoms with Crippen LogP contribution in [-0.4, -0.2) is 25.3 Å². The number of aryl methyl sites for hydroxylation is 2. The number of hydrogen-bond acceptors (Lipinski definition) is 5. The Labute approximate surface area is 148 Å². The minimum atomic E-state index is 0.0263. The Kier molecular flexibility index (Phi) is 6.42. The van der Waals surface area contributed by atoms with E-state index in [9.17, 15) is 0 Å². The van der Waals surface area contributed by atoms with Gasteiger partial charge >= 0.3 is 0 Å². The highest BCUT2D eigenvalue weighted by molar-refractivity contribution is 5.25. The molecule has 0 aromatic heterocycles. The molecule has 0 amide bonds. The first-order chi connectivity index (χ1) is 12.2. The van der Waals surface area contributed by atoms with Crippen molar-refractivity contribution in [2.24, 2.45) is 0 Å². The highest BCUT2D eigenvalue weighted by atomic mass is 17.2. The van der Waals surface area contributed by atoms with E-state index in [1.807, 2.05) is 43.3 Å². The van der Waals surface area contributed by atoms with E-state index in [1.54, 1.807) is 0 Å². The van der Waals surface area contributed by atoms with Gasteiger partial charge in [0.15, 0.2) is 5.75 Å². The average Bonchev–Trinajstić information content (AvgIpc) is 3.06. The van der Waals surface area contributed by atoms with Gasteiger partial charge in [0.1, 0.15) is 19.3 Å². The third-order valence-corrected chi connectivity index (χ3v) is 4.18. The molecule has 5 heteroatoms. The maximum absolute atomic E-state index is 5.49. The monoisotopic (exact) mass is 343 g/mol. The maximum atomic E-state index is 5.49. The van der Waals surface area contributed by atoms with Crippen LogP contribution in [0.1, 0.15) is 23.1 Å². The van der Waals surface area contributed by atoms with Crippen molar-refractivity contribution in [2.75, 3.05) is 13.2 Å². The summed E-state index contributed by atoms with van der Waals surface area (Å²) in [5, 5.41) is 3.35. The van der Waals surface area contributed by atoms with E-state index in [-0.39, 0.29) is 12.1 Å². The van der Waals surface area contributed by atoms with E-state index in [4.69, 9.17) is 19.6 Å². The Hall–Kier alpha value is -1.92. The molecule has 0 saturated carbocycles. The molecule has 3 rings (SSSR count). The fraction of sp³-hybridized carbons (Fsp3) is 0.400. The fourth-order valence-corrected chi connectivity index (χ4v) is 2.64. The average molecular weight is 343 g/mol. The lowest BCUT2D eigenvalue weighted by atomic mass is 10.2. The third-order valence-electron chi connectivity index (χ3n) is 4.18. The zero-order chi connectivity index (χ0) is 17.5. The number of nitrogens with one attached hydrogen (secondary N) is 1. The molecule has 1 heterocycles. The van der Waals surface area contributed by atoms with Crippen LogP contribution in [0.2, 0.25) is 0 Å². The third kappa shape index (κ3) is 5.83. The molecule has 0 aliphatic carbocycles. The van der Waals surface area contributed by atoms with Crippen LogP contribution in [0.4, 0.5) is 0 Å². The van der Waals surface area contributed by atoms with Crippen LogP contribution in [0.3, 0.4) is 0 Å². The van der Waals surface area contributed by atoms with Gasteiger partial charge < -0.3 is 10.2 Å². The lowest BCUT2D eigenvalue weighted by Gasteiger charge is -2.11. The minimum absolute atomic E-state index is 0.0263. The largest absolute Gasteiger partial charge is 0.338 e. The summed E-state index contributed by atoms with van der Waals surface area (Å²) in [7, 11) is 0. The molecule has 0 bridgehead atoms. The van der Waals surface area contributed by atoms with Gasteiger partial charge in [-0.05, 0) is 38.0 Å². The standard InChI is InChI=1S/C20H25NO4/c1-15-3-7-17(8-4-15)13-22-25-20-11-18(21-12-20)14-23-24-19-9-5-16(2)6-10-19/h3-10,18,20-21H,11-14H2,1-2H3. The van der Waals surface area contributed by atoms with Crippen LogP contribution >= 0.6 is 0 Å². The van der Waals surface area contributed by atoms with Crippen LogP contribution in [0.5, 0.6) is 5.75 Å². The van der Waals surface area contributed by atoms with Crippen molar-refractivity contribution < 1.29 is 19.6 Å². The molecule has 1 aliphatic heterocycles. The molecule has 134 valence electrons. The minimum Gasteiger partial charge on any atom is -0.338 e.